The van der Waals surface area contributed by atoms with Crippen LogP contribution in [0.25, 0.3) is 0 Å². The molecule has 1 amide bonds. The van der Waals surface area contributed by atoms with Crippen molar-refractivity contribution in [2.45, 2.75) is 13.8 Å². The number of halogens is 1. The van der Waals surface area contributed by atoms with E-state index in [9.17, 15) is 4.79 Å². The summed E-state index contributed by atoms with van der Waals surface area (Å²) in [4.78, 5) is 16.4. The van der Waals surface area contributed by atoms with Gasteiger partial charge in [0.05, 0.1) is 12.2 Å². The zero-order chi connectivity index (χ0) is 14.5. The van der Waals surface area contributed by atoms with Crippen molar-refractivity contribution in [3.63, 3.8) is 0 Å². The molecule has 20 heavy (non-hydrogen) atoms. The van der Waals surface area contributed by atoms with Gasteiger partial charge >= 0.3 is 0 Å². The molecule has 0 spiro atoms. The van der Waals surface area contributed by atoms with E-state index in [1.54, 1.807) is 18.3 Å². The second kappa shape index (κ2) is 6.52. The number of pyridine rings is 1. The molecular formula is C15H15BrN2O2. The molecule has 0 saturated heterocycles. The number of nitrogens with one attached hydrogen (secondary N) is 1. The van der Waals surface area contributed by atoms with Gasteiger partial charge < -0.3 is 10.1 Å². The Kier molecular flexibility index (Phi) is 4.74. The lowest BCUT2D eigenvalue weighted by atomic mass is 10.1. The first-order chi connectivity index (χ1) is 9.61. The summed E-state index contributed by atoms with van der Waals surface area (Å²) in [6.45, 7) is 4.31. The molecule has 0 radical (unpaired) electrons. The zero-order valence-corrected chi connectivity index (χ0v) is 12.9. The molecule has 0 aliphatic heterocycles. The Morgan fingerprint density at radius 3 is 2.95 bits per heavy atom. The predicted octanol–water partition coefficient (Wildman–Crippen LogP) is 3.80. The fourth-order valence-corrected chi connectivity index (χ4v) is 2.17. The van der Waals surface area contributed by atoms with E-state index in [1.165, 1.54) is 0 Å². The molecule has 5 heteroatoms. The highest BCUT2D eigenvalue weighted by Crippen LogP contribution is 2.24. The standard InChI is InChI=1S/C15H15BrN2O2/c1-3-20-15-13(5-4-8-17-15)18-14(19)11-9-10(2)6-7-12(11)16/h4-9H,3H2,1-2H3,(H,18,19). The van der Waals surface area contributed by atoms with E-state index < -0.39 is 0 Å². The molecular weight excluding hydrogens is 320 g/mol. The second-order valence-corrected chi connectivity index (χ2v) is 5.08. The molecule has 1 heterocycles. The predicted molar refractivity (Wildman–Crippen MR) is 82.2 cm³/mol. The lowest BCUT2D eigenvalue weighted by Crippen LogP contribution is -2.14. The van der Waals surface area contributed by atoms with Crippen molar-refractivity contribution in [2.75, 3.05) is 11.9 Å². The molecule has 0 atom stereocenters. The first-order valence-corrected chi connectivity index (χ1v) is 7.06. The van der Waals surface area contributed by atoms with Crippen molar-refractivity contribution in [3.05, 3.63) is 52.1 Å². The van der Waals surface area contributed by atoms with Crippen LogP contribution in [-0.2, 0) is 0 Å². The molecule has 0 bridgehead atoms. The summed E-state index contributed by atoms with van der Waals surface area (Å²) in [6, 6.07) is 9.15. The van der Waals surface area contributed by atoms with E-state index in [2.05, 4.69) is 26.2 Å². The lowest BCUT2D eigenvalue weighted by molar-refractivity contribution is 0.102. The van der Waals surface area contributed by atoms with Crippen molar-refractivity contribution in [2.24, 2.45) is 0 Å². The van der Waals surface area contributed by atoms with Crippen LogP contribution in [-0.4, -0.2) is 17.5 Å². The number of ether oxygens (including phenoxy) is 1. The largest absolute Gasteiger partial charge is 0.476 e. The molecule has 0 aliphatic rings. The van der Waals surface area contributed by atoms with E-state index in [0.29, 0.717) is 23.7 Å². The van der Waals surface area contributed by atoms with E-state index in [0.717, 1.165) is 10.0 Å². The number of hydrogen-bond donors (Lipinski definition) is 1. The van der Waals surface area contributed by atoms with E-state index >= 15 is 0 Å². The molecule has 104 valence electrons. The Hall–Kier alpha value is -1.88. The smallest absolute Gasteiger partial charge is 0.256 e. The Morgan fingerprint density at radius 1 is 1.40 bits per heavy atom. The van der Waals surface area contributed by atoms with Crippen LogP contribution in [0, 0.1) is 6.92 Å². The number of benzene rings is 1. The average molecular weight is 335 g/mol. The minimum Gasteiger partial charge on any atom is -0.476 e. The Balaban J connectivity index is 2.26. The highest BCUT2D eigenvalue weighted by Gasteiger charge is 2.13. The molecule has 1 aromatic carbocycles. The van der Waals surface area contributed by atoms with Gasteiger partial charge in [-0.15, -0.1) is 0 Å². The van der Waals surface area contributed by atoms with Gasteiger partial charge in [-0.25, -0.2) is 4.98 Å². The van der Waals surface area contributed by atoms with Gasteiger partial charge in [-0.3, -0.25) is 4.79 Å². The topological polar surface area (TPSA) is 51.2 Å². The van der Waals surface area contributed by atoms with Crippen molar-refractivity contribution < 1.29 is 9.53 Å². The van der Waals surface area contributed by atoms with E-state index in [-0.39, 0.29) is 5.91 Å². The third-order valence-electron chi connectivity index (χ3n) is 2.67. The molecule has 1 N–H and O–H groups in total. The molecule has 2 rings (SSSR count). The van der Waals surface area contributed by atoms with E-state index in [4.69, 9.17) is 4.74 Å². The summed E-state index contributed by atoms with van der Waals surface area (Å²) in [5.41, 5.74) is 2.17. The third-order valence-corrected chi connectivity index (χ3v) is 3.36. The lowest BCUT2D eigenvalue weighted by Gasteiger charge is -2.11. The summed E-state index contributed by atoms with van der Waals surface area (Å²) in [5, 5.41) is 2.82. The summed E-state index contributed by atoms with van der Waals surface area (Å²) in [6.07, 6.45) is 1.63. The van der Waals surface area contributed by atoms with Gasteiger partial charge in [-0.05, 0) is 54.0 Å². The molecule has 0 saturated carbocycles. The van der Waals surface area contributed by atoms with Crippen molar-refractivity contribution >= 4 is 27.5 Å². The Bertz CT molecular complexity index is 629. The summed E-state index contributed by atoms with van der Waals surface area (Å²) in [5.74, 6) is 0.224. The summed E-state index contributed by atoms with van der Waals surface area (Å²) >= 11 is 3.39. The number of anilines is 1. The van der Waals surface area contributed by atoms with Crippen LogP contribution in [0.1, 0.15) is 22.8 Å². The van der Waals surface area contributed by atoms with Crippen LogP contribution in [0.5, 0.6) is 5.88 Å². The number of nitrogens with zero attached hydrogens (tertiary/aromatic N) is 1. The van der Waals surface area contributed by atoms with Crippen LogP contribution in [0.3, 0.4) is 0 Å². The fraction of sp³-hybridized carbons (Fsp3) is 0.200. The van der Waals surface area contributed by atoms with Crippen LogP contribution in [0.2, 0.25) is 0 Å². The van der Waals surface area contributed by atoms with Crippen LogP contribution >= 0.6 is 15.9 Å². The quantitative estimate of drug-likeness (QED) is 0.925. The fourth-order valence-electron chi connectivity index (χ4n) is 1.74. The highest BCUT2D eigenvalue weighted by molar-refractivity contribution is 9.10. The van der Waals surface area contributed by atoms with Gasteiger partial charge in [-0.1, -0.05) is 11.6 Å². The molecule has 0 aliphatic carbocycles. The number of rotatable bonds is 4. The molecule has 1 aromatic heterocycles. The summed E-state index contributed by atoms with van der Waals surface area (Å²) < 4.78 is 6.14. The molecule has 0 unspecified atom stereocenters. The maximum atomic E-state index is 12.3. The average Bonchev–Trinajstić information content (AvgIpc) is 2.44. The van der Waals surface area contributed by atoms with Gasteiger partial charge in [0.15, 0.2) is 0 Å². The Labute approximate surface area is 126 Å². The van der Waals surface area contributed by atoms with Crippen LogP contribution in [0.4, 0.5) is 5.69 Å². The minimum absolute atomic E-state index is 0.200. The molecule has 0 fully saturated rings. The molecule has 2 aromatic rings. The van der Waals surface area contributed by atoms with Crippen LogP contribution < -0.4 is 10.1 Å². The number of carbonyl (C=O) groups is 1. The maximum absolute atomic E-state index is 12.3. The first kappa shape index (κ1) is 14.5. The van der Waals surface area contributed by atoms with Gasteiger partial charge in [0.1, 0.15) is 5.69 Å². The number of carbonyl (C=O) groups excluding carboxylic acids is 1. The number of hydrogen-bond acceptors (Lipinski definition) is 3. The normalized spacial score (nSPS) is 10.2. The van der Waals surface area contributed by atoms with Gasteiger partial charge in [0.2, 0.25) is 5.88 Å². The SMILES string of the molecule is CCOc1ncccc1NC(=O)c1cc(C)ccc1Br. The van der Waals surface area contributed by atoms with Gasteiger partial charge in [-0.2, -0.15) is 0 Å². The third kappa shape index (κ3) is 3.36. The second-order valence-electron chi connectivity index (χ2n) is 4.23. The minimum atomic E-state index is -0.200. The zero-order valence-electron chi connectivity index (χ0n) is 11.3. The monoisotopic (exact) mass is 334 g/mol. The highest BCUT2D eigenvalue weighted by atomic mass is 79.9. The van der Waals surface area contributed by atoms with Crippen molar-refractivity contribution in [1.82, 2.24) is 4.98 Å². The Morgan fingerprint density at radius 2 is 2.20 bits per heavy atom. The van der Waals surface area contributed by atoms with Crippen molar-refractivity contribution in [3.8, 4) is 5.88 Å². The summed E-state index contributed by atoms with van der Waals surface area (Å²) in [7, 11) is 0. The number of aryl methyl sites for hydroxylation is 1. The number of aromatic nitrogens is 1. The maximum Gasteiger partial charge on any atom is 0.256 e. The van der Waals surface area contributed by atoms with Crippen molar-refractivity contribution in [1.29, 1.82) is 0 Å². The van der Waals surface area contributed by atoms with Gasteiger partial charge in [0.25, 0.3) is 5.91 Å². The number of amides is 1. The van der Waals surface area contributed by atoms with E-state index in [1.807, 2.05) is 32.0 Å². The molecule has 4 nitrogen and oxygen atoms in total. The van der Waals surface area contributed by atoms with Gasteiger partial charge in [0, 0.05) is 10.7 Å². The van der Waals surface area contributed by atoms with Crippen LogP contribution in [0.15, 0.2) is 41.0 Å². The first-order valence-electron chi connectivity index (χ1n) is 6.27.